The van der Waals surface area contributed by atoms with Crippen LogP contribution in [0.1, 0.15) is 11.3 Å². The van der Waals surface area contributed by atoms with Crippen LogP contribution in [0.3, 0.4) is 0 Å². The Morgan fingerprint density at radius 3 is 2.75 bits per heavy atom. The smallest absolute Gasteiger partial charge is 0.0486 e. The summed E-state index contributed by atoms with van der Waals surface area (Å²) >= 11 is 0. The highest BCUT2D eigenvalue weighted by molar-refractivity contribution is 5.14. The maximum atomic E-state index is 8.79. The van der Waals surface area contributed by atoms with Crippen molar-refractivity contribution in [2.75, 3.05) is 32.8 Å². The Bertz CT molecular complexity index is 307. The number of nitrogens with zero attached hydrogens (tertiary/aromatic N) is 2. The van der Waals surface area contributed by atoms with Crippen LogP contribution in [0.25, 0.3) is 0 Å². The molecule has 88 valence electrons. The fourth-order valence-electron chi connectivity index (χ4n) is 1.94. The van der Waals surface area contributed by atoms with Gasteiger partial charge < -0.3 is 10.4 Å². The van der Waals surface area contributed by atoms with Crippen molar-refractivity contribution in [2.24, 2.45) is 0 Å². The number of aliphatic hydroxyl groups excluding tert-OH is 1. The van der Waals surface area contributed by atoms with Crippen molar-refractivity contribution in [3.05, 3.63) is 29.6 Å². The Hall–Kier alpha value is -0.970. The number of pyridine rings is 1. The van der Waals surface area contributed by atoms with Crippen molar-refractivity contribution in [3.8, 4) is 0 Å². The Balaban J connectivity index is 1.88. The quantitative estimate of drug-likeness (QED) is 0.752. The van der Waals surface area contributed by atoms with Gasteiger partial charge in [0, 0.05) is 57.6 Å². The van der Waals surface area contributed by atoms with Crippen LogP contribution in [0.5, 0.6) is 0 Å². The zero-order valence-corrected chi connectivity index (χ0v) is 9.52. The van der Waals surface area contributed by atoms with Gasteiger partial charge >= 0.3 is 0 Å². The first-order valence-corrected chi connectivity index (χ1v) is 5.86. The summed E-state index contributed by atoms with van der Waals surface area (Å²) in [5.74, 6) is 0. The molecular weight excluding hydrogens is 202 g/mol. The first kappa shape index (κ1) is 11.5. The van der Waals surface area contributed by atoms with Gasteiger partial charge in [-0.15, -0.1) is 0 Å². The minimum Gasteiger partial charge on any atom is -0.396 e. The monoisotopic (exact) mass is 221 g/mol. The predicted molar refractivity (Wildman–Crippen MR) is 63.2 cm³/mol. The second kappa shape index (κ2) is 5.94. The van der Waals surface area contributed by atoms with E-state index in [9.17, 15) is 0 Å². The van der Waals surface area contributed by atoms with Gasteiger partial charge in [-0.2, -0.15) is 0 Å². The molecule has 2 N–H and O–H groups in total. The number of rotatable bonds is 4. The molecular formula is C12H19N3O. The third kappa shape index (κ3) is 3.27. The number of hydrogen-bond acceptors (Lipinski definition) is 4. The van der Waals surface area contributed by atoms with E-state index in [1.54, 1.807) is 0 Å². The number of nitrogens with one attached hydrogen (secondary N) is 1. The van der Waals surface area contributed by atoms with E-state index in [4.69, 9.17) is 5.11 Å². The van der Waals surface area contributed by atoms with Crippen molar-refractivity contribution in [1.82, 2.24) is 15.2 Å². The first-order valence-electron chi connectivity index (χ1n) is 5.86. The standard InChI is InChI=1S/C12H19N3O/c16-8-3-12-2-1-11(9-14-12)10-15-6-4-13-5-7-15/h1-2,9,13,16H,3-8,10H2. The van der Waals surface area contributed by atoms with Gasteiger partial charge in [-0.3, -0.25) is 9.88 Å². The molecule has 1 aliphatic heterocycles. The second-order valence-electron chi connectivity index (χ2n) is 4.16. The highest BCUT2D eigenvalue weighted by atomic mass is 16.3. The molecule has 0 bridgehead atoms. The lowest BCUT2D eigenvalue weighted by molar-refractivity contribution is 0.233. The topological polar surface area (TPSA) is 48.4 Å². The van der Waals surface area contributed by atoms with Crippen molar-refractivity contribution in [3.63, 3.8) is 0 Å². The maximum absolute atomic E-state index is 8.79. The molecule has 4 heteroatoms. The summed E-state index contributed by atoms with van der Waals surface area (Å²) in [6, 6.07) is 4.12. The normalized spacial score (nSPS) is 17.6. The molecule has 0 amide bonds. The van der Waals surface area contributed by atoms with Gasteiger partial charge in [0.2, 0.25) is 0 Å². The summed E-state index contributed by atoms with van der Waals surface area (Å²) in [5, 5.41) is 12.1. The lowest BCUT2D eigenvalue weighted by Crippen LogP contribution is -2.42. The van der Waals surface area contributed by atoms with Crippen LogP contribution in [0.4, 0.5) is 0 Å². The van der Waals surface area contributed by atoms with Crippen molar-refractivity contribution < 1.29 is 5.11 Å². The second-order valence-corrected chi connectivity index (χ2v) is 4.16. The third-order valence-corrected chi connectivity index (χ3v) is 2.87. The summed E-state index contributed by atoms with van der Waals surface area (Å²) < 4.78 is 0. The fraction of sp³-hybridized carbons (Fsp3) is 0.583. The van der Waals surface area contributed by atoms with Crippen molar-refractivity contribution in [2.45, 2.75) is 13.0 Å². The van der Waals surface area contributed by atoms with E-state index in [0.717, 1.165) is 38.4 Å². The molecule has 0 unspecified atom stereocenters. The van der Waals surface area contributed by atoms with Crippen LogP contribution in [0.15, 0.2) is 18.3 Å². The molecule has 0 aliphatic carbocycles. The largest absolute Gasteiger partial charge is 0.396 e. The molecule has 0 saturated carbocycles. The average molecular weight is 221 g/mol. The molecule has 1 fully saturated rings. The van der Waals surface area contributed by atoms with Gasteiger partial charge in [0.1, 0.15) is 0 Å². The summed E-state index contributed by atoms with van der Waals surface area (Å²) in [7, 11) is 0. The summed E-state index contributed by atoms with van der Waals surface area (Å²) in [5.41, 5.74) is 2.22. The van der Waals surface area contributed by atoms with Gasteiger partial charge in [-0.05, 0) is 11.6 Å². The first-order chi connectivity index (χ1) is 7.88. The zero-order chi connectivity index (χ0) is 11.2. The van der Waals surface area contributed by atoms with E-state index in [2.05, 4.69) is 21.3 Å². The van der Waals surface area contributed by atoms with Gasteiger partial charge in [0.05, 0.1) is 0 Å². The lowest BCUT2D eigenvalue weighted by Gasteiger charge is -2.27. The lowest BCUT2D eigenvalue weighted by atomic mass is 10.2. The van der Waals surface area contributed by atoms with Crippen LogP contribution in [-0.4, -0.2) is 47.8 Å². The van der Waals surface area contributed by atoms with E-state index >= 15 is 0 Å². The number of aliphatic hydroxyl groups is 1. The Morgan fingerprint density at radius 2 is 2.12 bits per heavy atom. The fourth-order valence-corrected chi connectivity index (χ4v) is 1.94. The Kier molecular flexibility index (Phi) is 4.27. The molecule has 2 heterocycles. The molecule has 1 saturated heterocycles. The molecule has 1 aromatic heterocycles. The number of aromatic nitrogens is 1. The van der Waals surface area contributed by atoms with E-state index in [1.165, 1.54) is 5.56 Å². The Labute approximate surface area is 96.3 Å². The van der Waals surface area contributed by atoms with Gasteiger partial charge in [0.25, 0.3) is 0 Å². The van der Waals surface area contributed by atoms with Gasteiger partial charge in [0.15, 0.2) is 0 Å². The zero-order valence-electron chi connectivity index (χ0n) is 9.52. The molecule has 4 nitrogen and oxygen atoms in total. The van der Waals surface area contributed by atoms with E-state index in [1.807, 2.05) is 12.3 Å². The highest BCUT2D eigenvalue weighted by Gasteiger charge is 2.09. The molecule has 0 radical (unpaired) electrons. The van der Waals surface area contributed by atoms with Crippen LogP contribution >= 0.6 is 0 Å². The van der Waals surface area contributed by atoms with Crippen LogP contribution in [-0.2, 0) is 13.0 Å². The summed E-state index contributed by atoms with van der Waals surface area (Å²) in [6.45, 7) is 5.53. The molecule has 0 aromatic carbocycles. The SMILES string of the molecule is OCCc1ccc(CN2CCNCC2)cn1. The Morgan fingerprint density at radius 1 is 1.31 bits per heavy atom. The molecule has 16 heavy (non-hydrogen) atoms. The molecule has 0 atom stereocenters. The van der Waals surface area contributed by atoms with Gasteiger partial charge in [-0.1, -0.05) is 6.07 Å². The summed E-state index contributed by atoms with van der Waals surface area (Å²) in [6.07, 6.45) is 2.57. The van der Waals surface area contributed by atoms with E-state index in [0.29, 0.717) is 6.42 Å². The van der Waals surface area contributed by atoms with Crippen LogP contribution in [0, 0.1) is 0 Å². The predicted octanol–water partition coefficient (Wildman–Crippen LogP) is 0.0216. The van der Waals surface area contributed by atoms with E-state index in [-0.39, 0.29) is 6.61 Å². The van der Waals surface area contributed by atoms with E-state index < -0.39 is 0 Å². The molecule has 0 spiro atoms. The third-order valence-electron chi connectivity index (χ3n) is 2.87. The minimum absolute atomic E-state index is 0.171. The van der Waals surface area contributed by atoms with Crippen LogP contribution < -0.4 is 5.32 Å². The minimum atomic E-state index is 0.171. The number of hydrogen-bond donors (Lipinski definition) is 2. The van der Waals surface area contributed by atoms with Crippen molar-refractivity contribution >= 4 is 0 Å². The molecule has 2 rings (SSSR count). The highest BCUT2D eigenvalue weighted by Crippen LogP contribution is 2.05. The summed E-state index contributed by atoms with van der Waals surface area (Å²) in [4.78, 5) is 6.76. The average Bonchev–Trinajstić information content (AvgIpc) is 2.33. The van der Waals surface area contributed by atoms with Crippen molar-refractivity contribution in [1.29, 1.82) is 0 Å². The molecule has 1 aliphatic rings. The molecule has 1 aromatic rings. The van der Waals surface area contributed by atoms with Gasteiger partial charge in [-0.25, -0.2) is 0 Å². The maximum Gasteiger partial charge on any atom is 0.0486 e. The number of piperazine rings is 1. The van der Waals surface area contributed by atoms with Crippen LogP contribution in [0.2, 0.25) is 0 Å².